The number of benzene rings is 2. The van der Waals surface area contributed by atoms with Crippen molar-refractivity contribution in [2.45, 2.75) is 0 Å². The summed E-state index contributed by atoms with van der Waals surface area (Å²) in [4.78, 5) is 8.87. The molecule has 0 amide bonds. The SMILES string of the molecule is COc1cccc(Nc2c(-c3ccc(Cl)cc3)nc3cnccn23)c1. The monoisotopic (exact) mass is 350 g/mol. The van der Waals surface area contributed by atoms with E-state index in [1.807, 2.05) is 59.1 Å². The van der Waals surface area contributed by atoms with Gasteiger partial charge in [0.25, 0.3) is 0 Å². The van der Waals surface area contributed by atoms with E-state index in [0.717, 1.165) is 34.2 Å². The van der Waals surface area contributed by atoms with Crippen molar-refractivity contribution in [3.63, 3.8) is 0 Å². The minimum atomic E-state index is 0.691. The van der Waals surface area contributed by atoms with Crippen LogP contribution in [0.2, 0.25) is 5.02 Å². The quantitative estimate of drug-likeness (QED) is 0.574. The number of anilines is 2. The third-order valence-electron chi connectivity index (χ3n) is 3.88. The molecule has 0 atom stereocenters. The summed E-state index contributed by atoms with van der Waals surface area (Å²) in [5, 5.41) is 4.13. The molecule has 2 aromatic heterocycles. The number of halogens is 1. The van der Waals surface area contributed by atoms with Gasteiger partial charge >= 0.3 is 0 Å². The van der Waals surface area contributed by atoms with Crippen molar-refractivity contribution in [3.05, 3.63) is 72.1 Å². The van der Waals surface area contributed by atoms with Crippen LogP contribution in [-0.4, -0.2) is 21.5 Å². The summed E-state index contributed by atoms with van der Waals surface area (Å²) in [5.74, 6) is 1.64. The molecule has 124 valence electrons. The molecule has 2 heterocycles. The van der Waals surface area contributed by atoms with Crippen LogP contribution in [0, 0.1) is 0 Å². The van der Waals surface area contributed by atoms with E-state index in [-0.39, 0.29) is 0 Å². The zero-order valence-corrected chi connectivity index (χ0v) is 14.2. The second-order valence-corrected chi connectivity index (χ2v) is 5.91. The molecule has 1 N–H and O–H groups in total. The van der Waals surface area contributed by atoms with Gasteiger partial charge in [0.1, 0.15) is 17.3 Å². The molecule has 0 fully saturated rings. The summed E-state index contributed by atoms with van der Waals surface area (Å²) in [6, 6.07) is 15.4. The molecule has 5 nitrogen and oxygen atoms in total. The van der Waals surface area contributed by atoms with Crippen LogP contribution in [-0.2, 0) is 0 Å². The first-order chi connectivity index (χ1) is 12.2. The number of hydrogen-bond donors (Lipinski definition) is 1. The summed E-state index contributed by atoms with van der Waals surface area (Å²) < 4.78 is 7.27. The Morgan fingerprint density at radius 2 is 1.96 bits per heavy atom. The number of methoxy groups -OCH3 is 1. The zero-order chi connectivity index (χ0) is 17.2. The number of nitrogens with zero attached hydrogens (tertiary/aromatic N) is 3. The van der Waals surface area contributed by atoms with Gasteiger partial charge < -0.3 is 10.1 Å². The maximum absolute atomic E-state index is 6.02. The van der Waals surface area contributed by atoms with Crippen molar-refractivity contribution in [1.82, 2.24) is 14.4 Å². The summed E-state index contributed by atoms with van der Waals surface area (Å²) in [6.45, 7) is 0. The maximum Gasteiger partial charge on any atom is 0.157 e. The number of aromatic nitrogens is 3. The number of rotatable bonds is 4. The minimum Gasteiger partial charge on any atom is -0.497 e. The van der Waals surface area contributed by atoms with Crippen LogP contribution in [0.1, 0.15) is 0 Å². The van der Waals surface area contributed by atoms with E-state index in [4.69, 9.17) is 21.3 Å². The molecule has 0 aliphatic heterocycles. The average molecular weight is 351 g/mol. The van der Waals surface area contributed by atoms with E-state index in [9.17, 15) is 0 Å². The molecule has 4 aromatic rings. The van der Waals surface area contributed by atoms with Crippen LogP contribution in [0.25, 0.3) is 16.9 Å². The molecule has 0 saturated carbocycles. The number of hydrogen-bond acceptors (Lipinski definition) is 4. The molecule has 2 aromatic carbocycles. The second-order valence-electron chi connectivity index (χ2n) is 5.48. The van der Waals surface area contributed by atoms with Gasteiger partial charge in [-0.1, -0.05) is 29.8 Å². The van der Waals surface area contributed by atoms with E-state index in [1.54, 1.807) is 19.5 Å². The molecule has 0 unspecified atom stereocenters. The Labute approximate surface area is 149 Å². The molecule has 0 radical (unpaired) electrons. The van der Waals surface area contributed by atoms with Gasteiger partial charge in [-0.25, -0.2) is 4.98 Å². The smallest absolute Gasteiger partial charge is 0.157 e. The Morgan fingerprint density at radius 3 is 2.76 bits per heavy atom. The molecule has 25 heavy (non-hydrogen) atoms. The fraction of sp³-hybridized carbons (Fsp3) is 0.0526. The fourth-order valence-electron chi connectivity index (χ4n) is 2.67. The van der Waals surface area contributed by atoms with Crippen molar-refractivity contribution >= 4 is 28.8 Å². The van der Waals surface area contributed by atoms with Gasteiger partial charge in [-0.3, -0.25) is 9.38 Å². The van der Waals surface area contributed by atoms with Gasteiger partial charge in [0.05, 0.1) is 13.3 Å². The second kappa shape index (κ2) is 6.45. The van der Waals surface area contributed by atoms with Gasteiger partial charge in [0.15, 0.2) is 5.65 Å². The van der Waals surface area contributed by atoms with Crippen molar-refractivity contribution in [2.24, 2.45) is 0 Å². The van der Waals surface area contributed by atoms with Crippen LogP contribution in [0.4, 0.5) is 11.5 Å². The van der Waals surface area contributed by atoms with Crippen LogP contribution in [0.3, 0.4) is 0 Å². The van der Waals surface area contributed by atoms with Crippen molar-refractivity contribution in [2.75, 3.05) is 12.4 Å². The van der Waals surface area contributed by atoms with E-state index < -0.39 is 0 Å². The molecule has 0 aliphatic carbocycles. The number of fused-ring (bicyclic) bond motifs is 1. The summed E-state index contributed by atoms with van der Waals surface area (Å²) in [6.07, 6.45) is 5.34. The van der Waals surface area contributed by atoms with Crippen molar-refractivity contribution < 1.29 is 4.74 Å². The highest BCUT2D eigenvalue weighted by atomic mass is 35.5. The minimum absolute atomic E-state index is 0.691. The number of imidazole rings is 1. The third kappa shape index (κ3) is 3.02. The molecule has 0 saturated heterocycles. The molecule has 6 heteroatoms. The Balaban J connectivity index is 1.85. The number of ether oxygens (including phenoxy) is 1. The van der Waals surface area contributed by atoms with Gasteiger partial charge in [-0.15, -0.1) is 0 Å². The molecular weight excluding hydrogens is 336 g/mol. The highest BCUT2D eigenvalue weighted by Gasteiger charge is 2.14. The summed E-state index contributed by atoms with van der Waals surface area (Å²) in [5.41, 5.74) is 3.47. The van der Waals surface area contributed by atoms with Crippen LogP contribution >= 0.6 is 11.6 Å². The fourth-order valence-corrected chi connectivity index (χ4v) is 2.80. The lowest BCUT2D eigenvalue weighted by Crippen LogP contribution is -1.97. The lowest BCUT2D eigenvalue weighted by Gasteiger charge is -2.10. The molecule has 0 spiro atoms. The van der Waals surface area contributed by atoms with Gasteiger partial charge in [0, 0.05) is 34.7 Å². The first-order valence-corrected chi connectivity index (χ1v) is 8.11. The lowest BCUT2D eigenvalue weighted by molar-refractivity contribution is 0.415. The Hall–Kier alpha value is -3.05. The van der Waals surface area contributed by atoms with Crippen LogP contribution in [0.5, 0.6) is 5.75 Å². The van der Waals surface area contributed by atoms with E-state index in [0.29, 0.717) is 5.02 Å². The van der Waals surface area contributed by atoms with Crippen LogP contribution < -0.4 is 10.1 Å². The van der Waals surface area contributed by atoms with Crippen molar-refractivity contribution in [1.29, 1.82) is 0 Å². The third-order valence-corrected chi connectivity index (χ3v) is 4.13. The highest BCUT2D eigenvalue weighted by Crippen LogP contribution is 2.32. The summed E-state index contributed by atoms with van der Waals surface area (Å²) >= 11 is 6.02. The van der Waals surface area contributed by atoms with E-state index in [2.05, 4.69) is 10.3 Å². The standard InChI is InChI=1S/C19H15ClN4O/c1-25-16-4-2-3-15(11-16)22-19-18(13-5-7-14(20)8-6-13)23-17-12-21-9-10-24(17)19/h2-12,22H,1H3. The van der Waals surface area contributed by atoms with Gasteiger partial charge in [-0.2, -0.15) is 0 Å². The van der Waals surface area contributed by atoms with Crippen LogP contribution in [0.15, 0.2) is 67.1 Å². The first kappa shape index (κ1) is 15.5. The largest absolute Gasteiger partial charge is 0.497 e. The topological polar surface area (TPSA) is 51.5 Å². The van der Waals surface area contributed by atoms with Gasteiger partial charge in [0.2, 0.25) is 0 Å². The predicted molar refractivity (Wildman–Crippen MR) is 99.7 cm³/mol. The maximum atomic E-state index is 6.02. The van der Waals surface area contributed by atoms with Gasteiger partial charge in [-0.05, 0) is 24.3 Å². The Bertz CT molecular complexity index is 1030. The van der Waals surface area contributed by atoms with E-state index in [1.165, 1.54) is 0 Å². The average Bonchev–Trinajstić information content (AvgIpc) is 3.01. The molecule has 4 rings (SSSR count). The lowest BCUT2D eigenvalue weighted by atomic mass is 10.1. The normalized spacial score (nSPS) is 10.8. The van der Waals surface area contributed by atoms with E-state index >= 15 is 0 Å². The Kier molecular flexibility index (Phi) is 3.99. The highest BCUT2D eigenvalue weighted by molar-refractivity contribution is 6.30. The Morgan fingerprint density at radius 1 is 1.12 bits per heavy atom. The summed E-state index contributed by atoms with van der Waals surface area (Å²) in [7, 11) is 1.65. The first-order valence-electron chi connectivity index (χ1n) is 7.74. The zero-order valence-electron chi connectivity index (χ0n) is 13.5. The number of nitrogens with one attached hydrogen (secondary N) is 1. The molecule has 0 aliphatic rings. The van der Waals surface area contributed by atoms with Crippen molar-refractivity contribution in [3.8, 4) is 17.0 Å². The molecule has 0 bridgehead atoms. The molecular formula is C19H15ClN4O. The predicted octanol–water partition coefficient (Wildman–Crippen LogP) is 4.80.